The highest BCUT2D eigenvalue weighted by molar-refractivity contribution is 7.89. The van der Waals surface area contributed by atoms with Gasteiger partial charge in [-0.05, 0) is 77.5 Å². The van der Waals surface area contributed by atoms with Gasteiger partial charge in [0.2, 0.25) is 15.9 Å². The molecule has 1 amide bonds. The number of hydrogen-bond acceptors (Lipinski definition) is 4. The Bertz CT molecular complexity index is 1870. The van der Waals surface area contributed by atoms with E-state index in [1.54, 1.807) is 35.0 Å². The Kier molecular flexibility index (Phi) is 7.61. The maximum Gasteiger partial charge on any atom is 0.240 e. The standard InChI is InChI=1S/C29H22F4N4O3S/c30-20-5-3-18-7-9-37(26(18)15-20)16-28(38)36-25(12-17-10-21(31)14-22(32)11-17)29-23(2-1-8-35-29)19-4-6-24(33)27(13-19)41(34,39)40/h1-11,13-15,25H,12,16H2,(H,36,38)(H2,34,39,40)/t25-/m0/s1. The van der Waals surface area contributed by atoms with Crippen LogP contribution >= 0.6 is 0 Å². The molecule has 210 valence electrons. The van der Waals surface area contributed by atoms with Crippen molar-refractivity contribution >= 4 is 26.8 Å². The van der Waals surface area contributed by atoms with E-state index in [2.05, 4.69) is 10.3 Å². The summed E-state index contributed by atoms with van der Waals surface area (Å²) >= 11 is 0. The van der Waals surface area contributed by atoms with Gasteiger partial charge in [0, 0.05) is 24.0 Å². The second-order valence-electron chi connectivity index (χ2n) is 9.38. The molecule has 0 unspecified atom stereocenters. The van der Waals surface area contributed by atoms with Crippen LogP contribution in [0.5, 0.6) is 0 Å². The van der Waals surface area contributed by atoms with Crippen molar-refractivity contribution < 1.29 is 30.8 Å². The van der Waals surface area contributed by atoms with Crippen LogP contribution in [0.25, 0.3) is 22.0 Å². The fourth-order valence-corrected chi connectivity index (χ4v) is 5.33. The smallest absolute Gasteiger partial charge is 0.240 e. The van der Waals surface area contributed by atoms with Crippen LogP contribution < -0.4 is 10.5 Å². The quantitative estimate of drug-likeness (QED) is 0.251. The first kappa shape index (κ1) is 28.0. The SMILES string of the molecule is NS(=O)(=O)c1cc(-c2cccnc2[C@H](Cc2cc(F)cc(F)c2)NC(=O)Cn2ccc3ccc(F)cc32)ccc1F. The van der Waals surface area contributed by atoms with Gasteiger partial charge < -0.3 is 9.88 Å². The number of carbonyl (C=O) groups is 1. The number of nitrogens with zero attached hydrogens (tertiary/aromatic N) is 2. The number of fused-ring (bicyclic) bond motifs is 1. The van der Waals surface area contributed by atoms with Crippen LogP contribution in [0.2, 0.25) is 0 Å². The number of carbonyl (C=O) groups excluding carboxylic acids is 1. The zero-order valence-electron chi connectivity index (χ0n) is 21.2. The van der Waals surface area contributed by atoms with E-state index < -0.39 is 50.1 Å². The van der Waals surface area contributed by atoms with Gasteiger partial charge in [-0.1, -0.05) is 12.1 Å². The summed E-state index contributed by atoms with van der Waals surface area (Å²) in [7, 11) is -4.40. The molecule has 2 heterocycles. The van der Waals surface area contributed by atoms with Crippen molar-refractivity contribution in [3.8, 4) is 11.1 Å². The van der Waals surface area contributed by atoms with E-state index in [0.29, 0.717) is 17.1 Å². The largest absolute Gasteiger partial charge is 0.346 e. The Labute approximate surface area is 232 Å². The van der Waals surface area contributed by atoms with Crippen LogP contribution in [-0.4, -0.2) is 23.9 Å². The van der Waals surface area contributed by atoms with E-state index in [-0.39, 0.29) is 29.8 Å². The number of nitrogens with two attached hydrogens (primary N) is 1. The lowest BCUT2D eigenvalue weighted by Gasteiger charge is -2.22. The number of rotatable bonds is 8. The topological polar surface area (TPSA) is 107 Å². The maximum absolute atomic E-state index is 14.3. The molecule has 5 aromatic rings. The highest BCUT2D eigenvalue weighted by Gasteiger charge is 2.23. The molecule has 1 atom stereocenters. The lowest BCUT2D eigenvalue weighted by Crippen LogP contribution is -2.33. The third-order valence-corrected chi connectivity index (χ3v) is 7.39. The average molecular weight is 583 g/mol. The van der Waals surface area contributed by atoms with E-state index >= 15 is 0 Å². The first-order valence-corrected chi connectivity index (χ1v) is 13.8. The van der Waals surface area contributed by atoms with Crippen molar-refractivity contribution in [1.82, 2.24) is 14.9 Å². The molecule has 3 N–H and O–H groups in total. The fourth-order valence-electron chi connectivity index (χ4n) is 4.70. The van der Waals surface area contributed by atoms with Crippen LogP contribution in [0, 0.1) is 23.3 Å². The zero-order valence-corrected chi connectivity index (χ0v) is 22.0. The maximum atomic E-state index is 14.3. The molecule has 41 heavy (non-hydrogen) atoms. The molecule has 0 aliphatic heterocycles. The second-order valence-corrected chi connectivity index (χ2v) is 10.9. The number of sulfonamides is 1. The Morgan fingerprint density at radius 2 is 1.68 bits per heavy atom. The molecular weight excluding hydrogens is 560 g/mol. The Hall–Kier alpha value is -4.55. The van der Waals surface area contributed by atoms with Gasteiger partial charge >= 0.3 is 0 Å². The van der Waals surface area contributed by atoms with Crippen LogP contribution in [0.1, 0.15) is 17.3 Å². The molecule has 0 aliphatic rings. The van der Waals surface area contributed by atoms with E-state index in [9.17, 15) is 30.8 Å². The van der Waals surface area contributed by atoms with Gasteiger partial charge in [-0.25, -0.2) is 31.1 Å². The minimum absolute atomic E-state index is 0.102. The Morgan fingerprint density at radius 3 is 2.41 bits per heavy atom. The summed E-state index contributed by atoms with van der Waals surface area (Å²) < 4.78 is 81.6. The monoisotopic (exact) mass is 582 g/mol. The second kappa shape index (κ2) is 11.1. The molecule has 0 aliphatic carbocycles. The molecule has 3 aromatic carbocycles. The molecule has 12 heteroatoms. The molecule has 0 bridgehead atoms. The summed E-state index contributed by atoms with van der Waals surface area (Å²) in [6.45, 7) is -0.213. The molecule has 0 fully saturated rings. The number of hydrogen-bond donors (Lipinski definition) is 2. The molecule has 0 radical (unpaired) electrons. The van der Waals surface area contributed by atoms with Gasteiger partial charge in [-0.3, -0.25) is 9.78 Å². The van der Waals surface area contributed by atoms with Crippen molar-refractivity contribution in [2.75, 3.05) is 0 Å². The summed E-state index contributed by atoms with van der Waals surface area (Å²) in [5.41, 5.74) is 1.48. The summed E-state index contributed by atoms with van der Waals surface area (Å²) in [4.78, 5) is 16.9. The third kappa shape index (κ3) is 6.28. The van der Waals surface area contributed by atoms with Gasteiger partial charge in [0.25, 0.3) is 0 Å². The lowest BCUT2D eigenvalue weighted by molar-refractivity contribution is -0.122. The van der Waals surface area contributed by atoms with Crippen molar-refractivity contribution in [2.45, 2.75) is 23.9 Å². The number of aromatic nitrogens is 2. The first-order valence-electron chi connectivity index (χ1n) is 12.2. The number of halogens is 4. The number of pyridine rings is 1. The van der Waals surface area contributed by atoms with Crippen LogP contribution in [-0.2, 0) is 27.8 Å². The third-order valence-electron chi connectivity index (χ3n) is 6.46. The van der Waals surface area contributed by atoms with Crippen molar-refractivity contribution in [1.29, 1.82) is 0 Å². The van der Waals surface area contributed by atoms with Gasteiger partial charge in [-0.15, -0.1) is 0 Å². The number of amides is 1. The molecule has 0 saturated heterocycles. The normalized spacial score (nSPS) is 12.4. The Morgan fingerprint density at radius 1 is 0.927 bits per heavy atom. The van der Waals surface area contributed by atoms with Gasteiger partial charge in [-0.2, -0.15) is 0 Å². The molecule has 0 spiro atoms. The van der Waals surface area contributed by atoms with E-state index in [4.69, 9.17) is 5.14 Å². The minimum atomic E-state index is -4.40. The first-order chi connectivity index (χ1) is 19.5. The lowest BCUT2D eigenvalue weighted by atomic mass is 9.95. The highest BCUT2D eigenvalue weighted by atomic mass is 32.2. The van der Waals surface area contributed by atoms with Crippen LogP contribution in [0.4, 0.5) is 17.6 Å². The van der Waals surface area contributed by atoms with Gasteiger partial charge in [0.1, 0.15) is 34.7 Å². The van der Waals surface area contributed by atoms with Gasteiger partial charge in [0.05, 0.1) is 17.3 Å². The fraction of sp³-hybridized carbons (Fsp3) is 0.103. The number of primary sulfonamides is 1. The van der Waals surface area contributed by atoms with E-state index in [1.807, 2.05) is 0 Å². The summed E-state index contributed by atoms with van der Waals surface area (Å²) in [5, 5.41) is 8.72. The summed E-state index contributed by atoms with van der Waals surface area (Å²) in [6.07, 6.45) is 2.95. The van der Waals surface area contributed by atoms with E-state index in [0.717, 1.165) is 29.7 Å². The predicted octanol–water partition coefficient (Wildman–Crippen LogP) is 5.01. The van der Waals surface area contributed by atoms with Crippen molar-refractivity contribution in [3.63, 3.8) is 0 Å². The minimum Gasteiger partial charge on any atom is -0.346 e. The number of nitrogens with one attached hydrogen (secondary N) is 1. The van der Waals surface area contributed by atoms with Crippen LogP contribution in [0.15, 0.2) is 90.1 Å². The molecule has 0 saturated carbocycles. The number of benzene rings is 3. The summed E-state index contributed by atoms with van der Waals surface area (Å²) in [6, 6.07) is 14.3. The zero-order chi connectivity index (χ0) is 29.3. The molecule has 5 rings (SSSR count). The molecular formula is C29H22F4N4O3S. The average Bonchev–Trinajstić information content (AvgIpc) is 3.29. The van der Waals surface area contributed by atoms with E-state index in [1.165, 1.54) is 24.4 Å². The molecule has 7 nitrogen and oxygen atoms in total. The highest BCUT2D eigenvalue weighted by Crippen LogP contribution is 2.31. The van der Waals surface area contributed by atoms with Crippen molar-refractivity contribution in [2.24, 2.45) is 5.14 Å². The van der Waals surface area contributed by atoms with Crippen molar-refractivity contribution in [3.05, 3.63) is 120 Å². The summed E-state index contributed by atoms with van der Waals surface area (Å²) in [5.74, 6) is -3.67. The molecule has 2 aromatic heterocycles. The van der Waals surface area contributed by atoms with Crippen LogP contribution in [0.3, 0.4) is 0 Å². The predicted molar refractivity (Wildman–Crippen MR) is 144 cm³/mol. The Balaban J connectivity index is 1.55. The van der Waals surface area contributed by atoms with Gasteiger partial charge in [0.15, 0.2) is 0 Å².